The van der Waals surface area contributed by atoms with Gasteiger partial charge in [0.25, 0.3) is 0 Å². The molecule has 0 spiro atoms. The zero-order valence-corrected chi connectivity index (χ0v) is 20.3. The van der Waals surface area contributed by atoms with Crippen molar-refractivity contribution in [1.82, 2.24) is 14.4 Å². The molecule has 35 heavy (non-hydrogen) atoms. The predicted octanol–water partition coefficient (Wildman–Crippen LogP) is 5.44. The zero-order chi connectivity index (χ0) is 23.8. The monoisotopic (exact) mass is 490 g/mol. The number of halogens is 1. The van der Waals surface area contributed by atoms with E-state index in [9.17, 15) is 9.18 Å². The van der Waals surface area contributed by atoms with E-state index in [1.807, 2.05) is 0 Å². The average molecular weight is 491 g/mol. The summed E-state index contributed by atoms with van der Waals surface area (Å²) in [7, 11) is 0. The Morgan fingerprint density at radius 2 is 1.86 bits per heavy atom. The van der Waals surface area contributed by atoms with Gasteiger partial charge in [-0.05, 0) is 61.6 Å². The van der Waals surface area contributed by atoms with Crippen LogP contribution in [0.15, 0.2) is 53.1 Å². The Labute approximate surface area is 207 Å². The highest BCUT2D eigenvalue weighted by Gasteiger charge is 2.34. The zero-order valence-electron chi connectivity index (χ0n) is 19.5. The van der Waals surface area contributed by atoms with Gasteiger partial charge >= 0.3 is 0 Å². The SMILES string of the molecule is O=C1c2c(-c3ccccc3F)noc2CCC1CCCN1CCN(c2nsc3ccccc23)CC1. The molecule has 2 aliphatic rings. The normalized spacial score (nSPS) is 18.8. The van der Waals surface area contributed by atoms with Gasteiger partial charge in [0.2, 0.25) is 0 Å². The van der Waals surface area contributed by atoms with Gasteiger partial charge < -0.3 is 9.42 Å². The molecule has 1 aliphatic heterocycles. The molecule has 6 rings (SSSR count). The van der Waals surface area contributed by atoms with Crippen LogP contribution in [0.5, 0.6) is 0 Å². The fourth-order valence-corrected chi connectivity index (χ4v) is 6.14. The van der Waals surface area contributed by atoms with E-state index < -0.39 is 0 Å². The number of nitrogens with zero attached hydrogens (tertiary/aromatic N) is 4. The van der Waals surface area contributed by atoms with Crippen molar-refractivity contribution in [3.8, 4) is 11.3 Å². The lowest BCUT2D eigenvalue weighted by molar-refractivity contribution is 0.0884. The summed E-state index contributed by atoms with van der Waals surface area (Å²) in [5.74, 6) is 1.30. The number of carbonyl (C=O) groups is 1. The highest BCUT2D eigenvalue weighted by Crippen LogP contribution is 2.36. The lowest BCUT2D eigenvalue weighted by Crippen LogP contribution is -2.46. The number of anilines is 1. The maximum Gasteiger partial charge on any atom is 0.171 e. The van der Waals surface area contributed by atoms with Gasteiger partial charge in [0.05, 0.1) is 10.3 Å². The van der Waals surface area contributed by atoms with E-state index in [0.29, 0.717) is 29.0 Å². The maximum atomic E-state index is 14.3. The highest BCUT2D eigenvalue weighted by molar-refractivity contribution is 7.13. The van der Waals surface area contributed by atoms with Crippen molar-refractivity contribution in [2.45, 2.75) is 25.7 Å². The first-order valence-electron chi connectivity index (χ1n) is 12.3. The van der Waals surface area contributed by atoms with Gasteiger partial charge in [-0.15, -0.1) is 0 Å². The summed E-state index contributed by atoms with van der Waals surface area (Å²) in [6, 6.07) is 14.8. The van der Waals surface area contributed by atoms with Gasteiger partial charge in [0.1, 0.15) is 23.1 Å². The largest absolute Gasteiger partial charge is 0.360 e. The number of fused-ring (bicyclic) bond motifs is 2. The van der Waals surface area contributed by atoms with Gasteiger partial charge in [-0.2, -0.15) is 4.37 Å². The fraction of sp³-hybridized carbons (Fsp3) is 0.370. The van der Waals surface area contributed by atoms with Crippen LogP contribution in [0.3, 0.4) is 0 Å². The molecule has 0 amide bonds. The van der Waals surface area contributed by atoms with Gasteiger partial charge in [0, 0.05) is 49.5 Å². The third-order valence-electron chi connectivity index (χ3n) is 7.29. The van der Waals surface area contributed by atoms with Crippen molar-refractivity contribution in [1.29, 1.82) is 0 Å². The number of Topliss-reactive ketones (excluding diaryl/α,β-unsaturated/α-hetero) is 1. The number of hydrogen-bond acceptors (Lipinski definition) is 7. The van der Waals surface area contributed by atoms with E-state index in [1.165, 1.54) is 16.2 Å². The van der Waals surface area contributed by atoms with Crippen LogP contribution in [-0.4, -0.2) is 52.9 Å². The molecule has 0 radical (unpaired) electrons. The van der Waals surface area contributed by atoms with Gasteiger partial charge in [-0.3, -0.25) is 9.69 Å². The molecule has 0 N–H and O–H groups in total. The number of rotatable bonds is 6. The Morgan fingerprint density at radius 1 is 1.06 bits per heavy atom. The molecule has 1 aliphatic carbocycles. The smallest absolute Gasteiger partial charge is 0.171 e. The van der Waals surface area contributed by atoms with Crippen LogP contribution in [0.4, 0.5) is 10.2 Å². The molecule has 4 aromatic rings. The molecule has 2 aromatic heterocycles. The van der Waals surface area contributed by atoms with E-state index in [2.05, 4.69) is 39.2 Å². The minimum Gasteiger partial charge on any atom is -0.360 e. The van der Waals surface area contributed by atoms with Gasteiger partial charge in [0.15, 0.2) is 5.78 Å². The molecule has 1 unspecified atom stereocenters. The molecule has 6 nitrogen and oxygen atoms in total. The van der Waals surface area contributed by atoms with Crippen molar-refractivity contribution < 1.29 is 13.7 Å². The summed E-state index contributed by atoms with van der Waals surface area (Å²) in [5.41, 5.74) is 1.16. The molecule has 2 aromatic carbocycles. The van der Waals surface area contributed by atoms with E-state index in [0.717, 1.165) is 57.8 Å². The minimum absolute atomic E-state index is 0.0472. The van der Waals surface area contributed by atoms with Crippen molar-refractivity contribution in [2.75, 3.05) is 37.6 Å². The first kappa shape index (κ1) is 22.4. The second-order valence-corrected chi connectivity index (χ2v) is 10.2. The topological polar surface area (TPSA) is 62.5 Å². The first-order valence-corrected chi connectivity index (χ1v) is 13.1. The maximum absolute atomic E-state index is 14.3. The summed E-state index contributed by atoms with van der Waals surface area (Å²) in [4.78, 5) is 18.2. The predicted molar refractivity (Wildman–Crippen MR) is 136 cm³/mol. The number of hydrogen-bond donors (Lipinski definition) is 0. The third-order valence-corrected chi connectivity index (χ3v) is 8.10. The number of piperazine rings is 1. The molecule has 8 heteroatoms. The summed E-state index contributed by atoms with van der Waals surface area (Å²) < 4.78 is 25.7. The Kier molecular flexibility index (Phi) is 6.08. The summed E-state index contributed by atoms with van der Waals surface area (Å²) in [5, 5.41) is 5.30. The molecule has 180 valence electrons. The Balaban J connectivity index is 1.04. The van der Waals surface area contributed by atoms with Crippen molar-refractivity contribution >= 4 is 33.2 Å². The quantitative estimate of drug-likeness (QED) is 0.359. The van der Waals surface area contributed by atoms with Crippen LogP contribution in [0, 0.1) is 11.7 Å². The molecular weight excluding hydrogens is 463 g/mol. The Hall–Kier alpha value is -3.10. The van der Waals surface area contributed by atoms with Crippen LogP contribution >= 0.6 is 11.5 Å². The number of carbonyl (C=O) groups excluding carboxylic acids is 1. The molecule has 0 saturated carbocycles. The van der Waals surface area contributed by atoms with Crippen molar-refractivity contribution in [3.05, 3.63) is 65.7 Å². The van der Waals surface area contributed by atoms with Crippen molar-refractivity contribution in [3.63, 3.8) is 0 Å². The summed E-state index contributed by atoms with van der Waals surface area (Å²) in [6.07, 6.45) is 3.23. The number of aromatic nitrogens is 2. The molecule has 1 fully saturated rings. The van der Waals surface area contributed by atoms with Crippen LogP contribution in [0.2, 0.25) is 0 Å². The van der Waals surface area contributed by atoms with E-state index >= 15 is 0 Å². The minimum atomic E-state index is -0.386. The van der Waals surface area contributed by atoms with E-state index in [4.69, 9.17) is 8.90 Å². The van der Waals surface area contributed by atoms with Crippen LogP contribution in [0.1, 0.15) is 35.4 Å². The van der Waals surface area contributed by atoms with Crippen molar-refractivity contribution in [2.24, 2.45) is 5.92 Å². The molecule has 3 heterocycles. The lowest BCUT2D eigenvalue weighted by Gasteiger charge is -2.35. The summed E-state index contributed by atoms with van der Waals surface area (Å²) in [6.45, 7) is 4.90. The average Bonchev–Trinajstić information content (AvgIpc) is 3.51. The van der Waals surface area contributed by atoms with E-state index in [1.54, 1.807) is 29.7 Å². The van der Waals surface area contributed by atoms with Crippen LogP contribution in [-0.2, 0) is 6.42 Å². The van der Waals surface area contributed by atoms with Crippen LogP contribution < -0.4 is 4.90 Å². The van der Waals surface area contributed by atoms with Gasteiger partial charge in [-0.1, -0.05) is 29.4 Å². The first-order chi connectivity index (χ1) is 17.2. The molecular formula is C27H27FN4O2S. The number of ketones is 1. The second kappa shape index (κ2) is 9.51. The number of aryl methyl sites for hydroxylation is 1. The molecule has 1 atom stereocenters. The van der Waals surface area contributed by atoms with Crippen LogP contribution in [0.25, 0.3) is 21.3 Å². The Bertz CT molecular complexity index is 1360. The lowest BCUT2D eigenvalue weighted by atomic mass is 9.82. The second-order valence-electron chi connectivity index (χ2n) is 9.38. The molecule has 0 bridgehead atoms. The van der Waals surface area contributed by atoms with Gasteiger partial charge in [-0.25, -0.2) is 4.39 Å². The summed E-state index contributed by atoms with van der Waals surface area (Å²) >= 11 is 1.57. The van der Waals surface area contributed by atoms with E-state index in [-0.39, 0.29) is 17.5 Å². The standard InChI is InChI=1S/C27H27FN4O2S/c28-21-9-3-1-7-19(21)25-24-22(34-29-25)12-11-18(26(24)33)6-5-13-31-14-16-32(17-15-31)27-20-8-2-4-10-23(20)35-30-27/h1-4,7-10,18H,5-6,11-17H2. The third kappa shape index (κ3) is 4.25. The molecule has 1 saturated heterocycles. The number of benzene rings is 2. The highest BCUT2D eigenvalue weighted by atomic mass is 32.1. The Morgan fingerprint density at radius 3 is 2.71 bits per heavy atom. The fourth-order valence-electron chi connectivity index (χ4n) is 5.35.